The number of hydrogen-bond acceptors (Lipinski definition) is 2. The Morgan fingerprint density at radius 2 is 1.75 bits per heavy atom. The molecule has 0 aromatic heterocycles. The molecule has 20 heavy (non-hydrogen) atoms. The largest absolute Gasteiger partial charge is 0.497 e. The summed E-state index contributed by atoms with van der Waals surface area (Å²) in [6.45, 7) is 4.23. The fourth-order valence-electron chi connectivity index (χ4n) is 2.48. The Morgan fingerprint density at radius 3 is 2.35 bits per heavy atom. The van der Waals surface area contributed by atoms with Crippen LogP contribution in [0, 0.1) is 13.8 Å². The molecule has 0 aliphatic carbocycles. The van der Waals surface area contributed by atoms with E-state index in [0.717, 1.165) is 22.2 Å². The molecular weight excluding hydrogens is 314 g/mol. The zero-order valence-electron chi connectivity index (χ0n) is 12.1. The topological polar surface area (TPSA) is 35.2 Å². The van der Waals surface area contributed by atoms with Gasteiger partial charge in [0, 0.05) is 10.5 Å². The number of rotatable bonds is 4. The first-order valence-corrected chi connectivity index (χ1v) is 7.45. The molecule has 3 heteroatoms. The van der Waals surface area contributed by atoms with Crippen LogP contribution in [0.5, 0.6) is 5.75 Å². The second-order valence-corrected chi connectivity index (χ2v) is 6.05. The van der Waals surface area contributed by atoms with Crippen molar-refractivity contribution in [3.05, 3.63) is 63.1 Å². The molecular formula is C17H20BrNO. The Bertz CT molecular complexity index is 590. The van der Waals surface area contributed by atoms with Crippen LogP contribution in [0.15, 0.2) is 40.9 Å². The summed E-state index contributed by atoms with van der Waals surface area (Å²) >= 11 is 3.57. The lowest BCUT2D eigenvalue weighted by Crippen LogP contribution is -2.14. The third kappa shape index (κ3) is 3.62. The van der Waals surface area contributed by atoms with E-state index in [-0.39, 0.29) is 6.04 Å². The molecule has 0 amide bonds. The molecule has 2 N–H and O–H groups in total. The zero-order chi connectivity index (χ0) is 14.7. The fraction of sp³-hybridized carbons (Fsp3) is 0.294. The van der Waals surface area contributed by atoms with Gasteiger partial charge in [-0.2, -0.15) is 0 Å². The number of benzene rings is 2. The SMILES string of the molecule is COc1ccc(Br)c(C(N)Cc2cc(C)cc(C)c2)c1. The number of nitrogens with two attached hydrogens (primary N) is 1. The van der Waals surface area contributed by atoms with Crippen LogP contribution in [0.1, 0.15) is 28.3 Å². The molecule has 0 aliphatic rings. The molecule has 1 unspecified atom stereocenters. The van der Waals surface area contributed by atoms with Crippen molar-refractivity contribution >= 4 is 15.9 Å². The van der Waals surface area contributed by atoms with E-state index in [4.69, 9.17) is 10.5 Å². The van der Waals surface area contributed by atoms with E-state index in [1.54, 1.807) is 7.11 Å². The molecule has 0 radical (unpaired) electrons. The average molecular weight is 334 g/mol. The maximum absolute atomic E-state index is 6.37. The molecule has 0 bridgehead atoms. The van der Waals surface area contributed by atoms with Crippen LogP contribution >= 0.6 is 15.9 Å². The van der Waals surface area contributed by atoms with Crippen molar-refractivity contribution in [3.63, 3.8) is 0 Å². The Kier molecular flexibility index (Phi) is 4.84. The smallest absolute Gasteiger partial charge is 0.119 e. The van der Waals surface area contributed by atoms with Gasteiger partial charge in [-0.05, 0) is 49.6 Å². The monoisotopic (exact) mass is 333 g/mol. The van der Waals surface area contributed by atoms with Crippen molar-refractivity contribution in [2.24, 2.45) is 5.73 Å². The predicted octanol–water partition coefficient (Wildman–Crippen LogP) is 4.32. The minimum absolute atomic E-state index is 0.0549. The van der Waals surface area contributed by atoms with Crippen LogP contribution in [0.25, 0.3) is 0 Å². The lowest BCUT2D eigenvalue weighted by molar-refractivity contribution is 0.413. The van der Waals surface area contributed by atoms with Gasteiger partial charge < -0.3 is 10.5 Å². The summed E-state index contributed by atoms with van der Waals surface area (Å²) < 4.78 is 6.30. The van der Waals surface area contributed by atoms with E-state index in [1.807, 2.05) is 18.2 Å². The minimum Gasteiger partial charge on any atom is -0.497 e. The van der Waals surface area contributed by atoms with Gasteiger partial charge in [-0.15, -0.1) is 0 Å². The van der Waals surface area contributed by atoms with Crippen LogP contribution in [0.2, 0.25) is 0 Å². The molecule has 106 valence electrons. The Morgan fingerprint density at radius 1 is 1.10 bits per heavy atom. The van der Waals surface area contributed by atoms with Gasteiger partial charge in [-0.1, -0.05) is 45.3 Å². The van der Waals surface area contributed by atoms with Crippen molar-refractivity contribution in [1.82, 2.24) is 0 Å². The summed E-state index contributed by atoms with van der Waals surface area (Å²) in [6.07, 6.45) is 0.814. The first kappa shape index (κ1) is 15.1. The van der Waals surface area contributed by atoms with Crippen LogP contribution < -0.4 is 10.5 Å². The van der Waals surface area contributed by atoms with E-state index in [0.29, 0.717) is 0 Å². The Hall–Kier alpha value is -1.32. The molecule has 2 nitrogen and oxygen atoms in total. The second kappa shape index (κ2) is 6.42. The third-order valence-electron chi connectivity index (χ3n) is 3.34. The number of methoxy groups -OCH3 is 1. The fourth-order valence-corrected chi connectivity index (χ4v) is 3.02. The molecule has 0 saturated carbocycles. The summed E-state index contributed by atoms with van der Waals surface area (Å²) in [5.41, 5.74) is 11.3. The molecule has 2 aromatic carbocycles. The zero-order valence-corrected chi connectivity index (χ0v) is 13.7. The highest BCUT2D eigenvalue weighted by Crippen LogP contribution is 2.28. The lowest BCUT2D eigenvalue weighted by Gasteiger charge is -2.16. The highest BCUT2D eigenvalue weighted by molar-refractivity contribution is 9.10. The Balaban J connectivity index is 2.25. The standard InChI is InChI=1S/C17H20BrNO/c1-11-6-12(2)8-13(7-11)9-17(19)15-10-14(20-3)4-5-16(15)18/h4-8,10,17H,9,19H2,1-3H3. The molecule has 0 spiro atoms. The van der Waals surface area contributed by atoms with Gasteiger partial charge in [-0.25, -0.2) is 0 Å². The van der Waals surface area contributed by atoms with Crippen molar-refractivity contribution < 1.29 is 4.74 Å². The van der Waals surface area contributed by atoms with Crippen molar-refractivity contribution in [3.8, 4) is 5.75 Å². The van der Waals surface area contributed by atoms with Crippen molar-refractivity contribution in [1.29, 1.82) is 0 Å². The van der Waals surface area contributed by atoms with E-state index in [1.165, 1.54) is 16.7 Å². The first-order chi connectivity index (χ1) is 9.49. The average Bonchev–Trinajstić information content (AvgIpc) is 2.37. The van der Waals surface area contributed by atoms with Gasteiger partial charge in [0.05, 0.1) is 7.11 Å². The number of ether oxygens (including phenoxy) is 1. The summed E-state index contributed by atoms with van der Waals surface area (Å²) in [5.74, 6) is 0.832. The van der Waals surface area contributed by atoms with Crippen LogP contribution in [0.4, 0.5) is 0 Å². The van der Waals surface area contributed by atoms with E-state index in [2.05, 4.69) is 48.0 Å². The maximum atomic E-state index is 6.37. The molecule has 2 aromatic rings. The minimum atomic E-state index is -0.0549. The van der Waals surface area contributed by atoms with Crippen LogP contribution in [0.3, 0.4) is 0 Å². The van der Waals surface area contributed by atoms with E-state index < -0.39 is 0 Å². The molecule has 1 atom stereocenters. The summed E-state index contributed by atoms with van der Waals surface area (Å²) in [7, 11) is 1.67. The molecule has 0 fully saturated rings. The molecule has 0 aliphatic heterocycles. The van der Waals surface area contributed by atoms with Crippen molar-refractivity contribution in [2.75, 3.05) is 7.11 Å². The predicted molar refractivity (Wildman–Crippen MR) is 87.2 cm³/mol. The van der Waals surface area contributed by atoms with Gasteiger partial charge in [-0.3, -0.25) is 0 Å². The van der Waals surface area contributed by atoms with E-state index in [9.17, 15) is 0 Å². The molecule has 0 heterocycles. The Labute approximate surface area is 129 Å². The summed E-state index contributed by atoms with van der Waals surface area (Å²) in [6, 6.07) is 12.4. The number of halogens is 1. The van der Waals surface area contributed by atoms with Gasteiger partial charge in [0.25, 0.3) is 0 Å². The van der Waals surface area contributed by atoms with Gasteiger partial charge in [0.1, 0.15) is 5.75 Å². The molecule has 0 saturated heterocycles. The summed E-state index contributed by atoms with van der Waals surface area (Å²) in [4.78, 5) is 0. The normalized spacial score (nSPS) is 12.2. The quantitative estimate of drug-likeness (QED) is 0.904. The van der Waals surface area contributed by atoms with Gasteiger partial charge >= 0.3 is 0 Å². The summed E-state index contributed by atoms with van der Waals surface area (Å²) in [5, 5.41) is 0. The van der Waals surface area contributed by atoms with E-state index >= 15 is 0 Å². The number of aryl methyl sites for hydroxylation is 2. The van der Waals surface area contributed by atoms with Gasteiger partial charge in [0.2, 0.25) is 0 Å². The second-order valence-electron chi connectivity index (χ2n) is 5.19. The van der Waals surface area contributed by atoms with Gasteiger partial charge in [0.15, 0.2) is 0 Å². The highest BCUT2D eigenvalue weighted by Gasteiger charge is 2.12. The lowest BCUT2D eigenvalue weighted by atomic mass is 9.97. The molecule has 2 rings (SSSR count). The van der Waals surface area contributed by atoms with Crippen molar-refractivity contribution in [2.45, 2.75) is 26.3 Å². The number of hydrogen-bond donors (Lipinski definition) is 1. The third-order valence-corrected chi connectivity index (χ3v) is 4.06. The first-order valence-electron chi connectivity index (χ1n) is 6.66. The maximum Gasteiger partial charge on any atom is 0.119 e. The van der Waals surface area contributed by atoms with Crippen LogP contribution in [-0.2, 0) is 6.42 Å². The highest BCUT2D eigenvalue weighted by atomic mass is 79.9. The van der Waals surface area contributed by atoms with Crippen LogP contribution in [-0.4, -0.2) is 7.11 Å².